The molecule has 0 heterocycles. The number of carbonyl (C=O) groups excluding carboxylic acids is 1. The molecule has 0 saturated carbocycles. The molecule has 0 saturated heterocycles. The first kappa shape index (κ1) is 16.9. The standard InChI is InChI=1S/C12H13Cl2NO4S/c1-7(16)15-10(12(17)18)6-20(19)5-8-3-2-4-9(13)11(8)14/h2-4,10H,5-6H2,1H3,(H,15,16)(H,17,18)/t10-,20?/m0/s1. The van der Waals surface area contributed by atoms with Gasteiger partial charge < -0.3 is 10.4 Å². The molecule has 0 fully saturated rings. The number of amides is 1. The van der Waals surface area contributed by atoms with Crippen LogP contribution >= 0.6 is 23.2 Å². The van der Waals surface area contributed by atoms with Crippen molar-refractivity contribution in [1.82, 2.24) is 5.32 Å². The van der Waals surface area contributed by atoms with Crippen LogP contribution in [0.3, 0.4) is 0 Å². The summed E-state index contributed by atoms with van der Waals surface area (Å²) in [7, 11) is -1.50. The zero-order valence-corrected chi connectivity index (χ0v) is 12.9. The Kier molecular flexibility index (Phi) is 6.45. The number of carbonyl (C=O) groups is 2. The third-order valence-corrected chi connectivity index (χ3v) is 4.57. The van der Waals surface area contributed by atoms with Crippen LogP contribution in [-0.2, 0) is 26.1 Å². The summed E-state index contributed by atoms with van der Waals surface area (Å²) in [5.41, 5.74) is 0.574. The normalized spacial score (nSPS) is 13.6. The molecule has 2 atom stereocenters. The first-order valence-electron chi connectivity index (χ1n) is 5.59. The van der Waals surface area contributed by atoms with Crippen LogP contribution < -0.4 is 5.32 Å². The molecule has 0 bridgehead atoms. The van der Waals surface area contributed by atoms with E-state index in [4.69, 9.17) is 28.3 Å². The highest BCUT2D eigenvalue weighted by atomic mass is 35.5. The lowest BCUT2D eigenvalue weighted by atomic mass is 10.2. The van der Waals surface area contributed by atoms with Gasteiger partial charge in [-0.15, -0.1) is 0 Å². The first-order chi connectivity index (χ1) is 9.31. The first-order valence-corrected chi connectivity index (χ1v) is 7.83. The molecule has 5 nitrogen and oxygen atoms in total. The summed E-state index contributed by atoms with van der Waals surface area (Å²) in [6, 6.07) is 3.75. The van der Waals surface area contributed by atoms with Crippen molar-refractivity contribution in [2.24, 2.45) is 0 Å². The van der Waals surface area contributed by atoms with E-state index in [-0.39, 0.29) is 11.5 Å². The molecule has 0 aliphatic heterocycles. The number of halogens is 2. The topological polar surface area (TPSA) is 83.5 Å². The molecule has 0 radical (unpaired) electrons. The molecule has 110 valence electrons. The smallest absolute Gasteiger partial charge is 0.327 e. The molecule has 2 N–H and O–H groups in total. The van der Waals surface area contributed by atoms with Crippen molar-refractivity contribution in [3.8, 4) is 0 Å². The fraction of sp³-hybridized carbons (Fsp3) is 0.333. The van der Waals surface area contributed by atoms with Crippen molar-refractivity contribution in [2.45, 2.75) is 18.7 Å². The predicted molar refractivity (Wildman–Crippen MR) is 78.4 cm³/mol. The molecule has 0 aliphatic carbocycles. The van der Waals surface area contributed by atoms with E-state index >= 15 is 0 Å². The molecule has 1 amide bonds. The van der Waals surface area contributed by atoms with Crippen LogP contribution in [0.2, 0.25) is 10.0 Å². The van der Waals surface area contributed by atoms with E-state index in [9.17, 15) is 13.8 Å². The Morgan fingerprint density at radius 1 is 1.40 bits per heavy atom. The van der Waals surface area contributed by atoms with Gasteiger partial charge in [0.15, 0.2) is 0 Å². The second-order valence-electron chi connectivity index (χ2n) is 4.06. The van der Waals surface area contributed by atoms with Crippen LogP contribution in [0.4, 0.5) is 0 Å². The molecule has 8 heteroatoms. The van der Waals surface area contributed by atoms with Crippen LogP contribution in [0.5, 0.6) is 0 Å². The summed E-state index contributed by atoms with van der Waals surface area (Å²) >= 11 is 11.8. The predicted octanol–water partition coefficient (Wildman–Crippen LogP) is 1.83. The number of hydrogen-bond acceptors (Lipinski definition) is 3. The lowest BCUT2D eigenvalue weighted by Gasteiger charge is -2.13. The van der Waals surface area contributed by atoms with Crippen LogP contribution in [0.1, 0.15) is 12.5 Å². The molecule has 1 aromatic rings. The van der Waals surface area contributed by atoms with Crippen molar-refractivity contribution in [2.75, 3.05) is 5.75 Å². The van der Waals surface area contributed by atoms with Crippen molar-refractivity contribution in [1.29, 1.82) is 0 Å². The molecule has 1 rings (SSSR count). The minimum absolute atomic E-state index is 0.0722. The van der Waals surface area contributed by atoms with Gasteiger partial charge in [-0.3, -0.25) is 9.00 Å². The zero-order valence-electron chi connectivity index (χ0n) is 10.6. The molecular weight excluding hydrogens is 325 g/mol. The van der Waals surface area contributed by atoms with E-state index in [1.54, 1.807) is 18.2 Å². The van der Waals surface area contributed by atoms with E-state index < -0.39 is 28.7 Å². The second kappa shape index (κ2) is 7.61. The Morgan fingerprint density at radius 3 is 2.60 bits per heavy atom. The SMILES string of the molecule is CC(=O)N[C@@H](CS(=O)Cc1cccc(Cl)c1Cl)C(=O)O. The lowest BCUT2D eigenvalue weighted by molar-refractivity contribution is -0.140. The summed E-state index contributed by atoms with van der Waals surface area (Å²) in [6.45, 7) is 1.20. The van der Waals surface area contributed by atoms with Crippen LogP contribution in [0.25, 0.3) is 0 Å². The highest BCUT2D eigenvalue weighted by molar-refractivity contribution is 7.84. The summed E-state index contributed by atoms with van der Waals surface area (Å²) in [6.07, 6.45) is 0. The summed E-state index contributed by atoms with van der Waals surface area (Å²) in [4.78, 5) is 21.8. The number of nitrogens with one attached hydrogen (secondary N) is 1. The molecule has 0 aromatic heterocycles. The molecule has 1 aromatic carbocycles. The van der Waals surface area contributed by atoms with E-state index in [1.807, 2.05) is 0 Å². The van der Waals surface area contributed by atoms with Gasteiger partial charge in [0, 0.05) is 17.7 Å². The van der Waals surface area contributed by atoms with Gasteiger partial charge in [-0.25, -0.2) is 4.79 Å². The largest absolute Gasteiger partial charge is 0.480 e. The maximum absolute atomic E-state index is 12.0. The maximum Gasteiger partial charge on any atom is 0.327 e. The van der Waals surface area contributed by atoms with Crippen LogP contribution in [0, 0.1) is 0 Å². The number of hydrogen-bond donors (Lipinski definition) is 2. The van der Waals surface area contributed by atoms with E-state index in [0.29, 0.717) is 15.6 Å². The monoisotopic (exact) mass is 337 g/mol. The average Bonchev–Trinajstić information content (AvgIpc) is 2.33. The second-order valence-corrected chi connectivity index (χ2v) is 6.34. The minimum Gasteiger partial charge on any atom is -0.480 e. The highest BCUT2D eigenvalue weighted by Gasteiger charge is 2.21. The van der Waals surface area contributed by atoms with E-state index in [0.717, 1.165) is 0 Å². The number of benzene rings is 1. The number of carboxylic acid groups (broad SMARTS) is 1. The number of rotatable bonds is 6. The Morgan fingerprint density at radius 2 is 2.05 bits per heavy atom. The molecule has 0 spiro atoms. The van der Waals surface area contributed by atoms with Gasteiger partial charge in [-0.1, -0.05) is 35.3 Å². The van der Waals surface area contributed by atoms with Crippen LogP contribution in [-0.4, -0.2) is 33.0 Å². The van der Waals surface area contributed by atoms with Gasteiger partial charge in [0.05, 0.1) is 21.6 Å². The lowest BCUT2D eigenvalue weighted by Crippen LogP contribution is -2.43. The van der Waals surface area contributed by atoms with Crippen molar-refractivity contribution in [3.05, 3.63) is 33.8 Å². The number of carboxylic acids is 1. The minimum atomic E-state index is -1.50. The van der Waals surface area contributed by atoms with Crippen molar-refractivity contribution >= 4 is 45.9 Å². The zero-order chi connectivity index (χ0) is 15.3. The van der Waals surface area contributed by atoms with Gasteiger partial charge >= 0.3 is 5.97 Å². The molecule has 0 aliphatic rings. The maximum atomic E-state index is 12.0. The third-order valence-electron chi connectivity index (χ3n) is 2.38. The van der Waals surface area contributed by atoms with E-state index in [1.165, 1.54) is 6.92 Å². The van der Waals surface area contributed by atoms with Gasteiger partial charge in [-0.2, -0.15) is 0 Å². The summed E-state index contributed by atoms with van der Waals surface area (Å²) in [5.74, 6) is -1.85. The fourth-order valence-corrected chi connectivity index (χ4v) is 3.27. The van der Waals surface area contributed by atoms with Gasteiger partial charge in [0.2, 0.25) is 5.91 Å². The van der Waals surface area contributed by atoms with E-state index in [2.05, 4.69) is 5.32 Å². The number of aliphatic carboxylic acids is 1. The summed E-state index contributed by atoms with van der Waals surface area (Å²) in [5, 5.41) is 11.8. The molecular formula is C12H13Cl2NO4S. The fourth-order valence-electron chi connectivity index (χ4n) is 1.50. The molecule has 20 heavy (non-hydrogen) atoms. The highest BCUT2D eigenvalue weighted by Crippen LogP contribution is 2.26. The third kappa shape index (κ3) is 5.11. The summed E-state index contributed by atoms with van der Waals surface area (Å²) < 4.78 is 12.0. The van der Waals surface area contributed by atoms with Crippen LogP contribution in [0.15, 0.2) is 18.2 Å². The Hall–Kier alpha value is -1.11. The Bertz CT molecular complexity index is 550. The van der Waals surface area contributed by atoms with Gasteiger partial charge in [0.25, 0.3) is 0 Å². The van der Waals surface area contributed by atoms with Gasteiger partial charge in [-0.05, 0) is 11.6 Å². The van der Waals surface area contributed by atoms with Gasteiger partial charge in [0.1, 0.15) is 6.04 Å². The van der Waals surface area contributed by atoms with Crippen molar-refractivity contribution in [3.63, 3.8) is 0 Å². The Labute approximate surface area is 128 Å². The average molecular weight is 338 g/mol. The quantitative estimate of drug-likeness (QED) is 0.829. The Balaban J connectivity index is 2.73. The van der Waals surface area contributed by atoms with Crippen molar-refractivity contribution < 1.29 is 18.9 Å². The molecule has 1 unspecified atom stereocenters.